The van der Waals surface area contributed by atoms with E-state index < -0.39 is 0 Å². The number of pyridine rings is 1. The van der Waals surface area contributed by atoms with Gasteiger partial charge in [0.15, 0.2) is 0 Å². The van der Waals surface area contributed by atoms with E-state index in [0.29, 0.717) is 23.4 Å². The van der Waals surface area contributed by atoms with E-state index in [-0.39, 0.29) is 12.0 Å². The minimum Gasteiger partial charge on any atom is -0.474 e. The Morgan fingerprint density at radius 1 is 1.19 bits per heavy atom. The van der Waals surface area contributed by atoms with Gasteiger partial charge in [0, 0.05) is 50.4 Å². The summed E-state index contributed by atoms with van der Waals surface area (Å²) < 4.78 is 5.92. The van der Waals surface area contributed by atoms with Crippen LogP contribution in [-0.4, -0.2) is 59.0 Å². The van der Waals surface area contributed by atoms with Crippen LogP contribution < -0.4 is 4.74 Å². The molecule has 0 atom stereocenters. The number of carbonyl (C=O) groups is 1. The number of carbonyl (C=O) groups excluding carboxylic acids is 1. The Kier molecular flexibility index (Phi) is 6.10. The van der Waals surface area contributed by atoms with Crippen molar-refractivity contribution in [1.82, 2.24) is 14.8 Å². The van der Waals surface area contributed by atoms with Crippen molar-refractivity contribution < 1.29 is 9.53 Å². The minimum atomic E-state index is 0.109. The summed E-state index contributed by atoms with van der Waals surface area (Å²) in [4.78, 5) is 21.4. The first kappa shape index (κ1) is 18.7. The van der Waals surface area contributed by atoms with Gasteiger partial charge in [-0.1, -0.05) is 0 Å². The zero-order valence-electron chi connectivity index (χ0n) is 15.7. The highest BCUT2D eigenvalue weighted by molar-refractivity contribution is 5.79. The fourth-order valence-electron chi connectivity index (χ4n) is 3.83. The molecule has 2 aliphatic rings. The summed E-state index contributed by atoms with van der Waals surface area (Å²) in [6.07, 6.45) is 5.15. The van der Waals surface area contributed by atoms with Crippen LogP contribution in [0.25, 0.3) is 0 Å². The molecule has 2 heterocycles. The van der Waals surface area contributed by atoms with E-state index in [1.54, 1.807) is 12.1 Å². The van der Waals surface area contributed by atoms with Gasteiger partial charge in [-0.2, -0.15) is 5.26 Å². The number of aromatic nitrogens is 1. The van der Waals surface area contributed by atoms with Crippen molar-refractivity contribution in [3.63, 3.8) is 0 Å². The largest absolute Gasteiger partial charge is 0.474 e. The van der Waals surface area contributed by atoms with Gasteiger partial charge in [-0.15, -0.1) is 0 Å². The first-order valence-corrected chi connectivity index (χ1v) is 9.62. The van der Waals surface area contributed by atoms with Gasteiger partial charge in [-0.25, -0.2) is 4.98 Å². The van der Waals surface area contributed by atoms with E-state index in [4.69, 9.17) is 10.00 Å². The number of rotatable bonds is 4. The van der Waals surface area contributed by atoms with Crippen molar-refractivity contribution >= 4 is 5.91 Å². The van der Waals surface area contributed by atoms with Gasteiger partial charge in [-0.05, 0) is 45.6 Å². The lowest BCUT2D eigenvalue weighted by atomic mass is 9.86. The molecule has 0 radical (unpaired) electrons. The summed E-state index contributed by atoms with van der Waals surface area (Å²) in [5.74, 6) is 1.02. The molecule has 0 unspecified atom stereocenters. The SMILES string of the molecule is CC(C)N1CCN(C(=O)C2CCC(Oc3ccc(C#N)cn3)CC2)CC1. The Bertz CT molecular complexity index is 637. The number of nitrogens with zero attached hydrogens (tertiary/aromatic N) is 4. The maximum atomic E-state index is 12.8. The molecule has 26 heavy (non-hydrogen) atoms. The molecule has 3 rings (SSSR count). The van der Waals surface area contributed by atoms with Gasteiger partial charge in [0.25, 0.3) is 0 Å². The molecule has 1 amide bonds. The standard InChI is InChI=1S/C20H28N4O2/c1-15(2)23-9-11-24(12-10-23)20(25)17-4-6-18(7-5-17)26-19-8-3-16(13-21)14-22-19/h3,8,14-15,17-18H,4-7,9-12H2,1-2H3. The second-order valence-electron chi connectivity index (χ2n) is 7.54. The molecule has 1 aliphatic heterocycles. The second kappa shape index (κ2) is 8.50. The molecule has 1 aromatic heterocycles. The fourth-order valence-corrected chi connectivity index (χ4v) is 3.83. The lowest BCUT2D eigenvalue weighted by Gasteiger charge is -2.39. The topological polar surface area (TPSA) is 69.5 Å². The number of ether oxygens (including phenoxy) is 1. The molecule has 0 spiro atoms. The zero-order valence-corrected chi connectivity index (χ0v) is 15.7. The Labute approximate surface area is 155 Å². The summed E-state index contributed by atoms with van der Waals surface area (Å²) in [7, 11) is 0. The minimum absolute atomic E-state index is 0.109. The summed E-state index contributed by atoms with van der Waals surface area (Å²) in [6.45, 7) is 8.08. The Morgan fingerprint density at radius 3 is 2.42 bits per heavy atom. The normalized spacial score (nSPS) is 24.3. The van der Waals surface area contributed by atoms with Gasteiger partial charge in [-0.3, -0.25) is 9.69 Å². The van der Waals surface area contributed by atoms with E-state index in [9.17, 15) is 4.79 Å². The summed E-state index contributed by atoms with van der Waals surface area (Å²) in [5.41, 5.74) is 0.532. The van der Waals surface area contributed by atoms with Crippen molar-refractivity contribution in [3.8, 4) is 11.9 Å². The van der Waals surface area contributed by atoms with E-state index in [0.717, 1.165) is 51.9 Å². The molecule has 1 saturated heterocycles. The van der Waals surface area contributed by atoms with E-state index in [1.165, 1.54) is 6.20 Å². The van der Waals surface area contributed by atoms with Gasteiger partial charge in [0.2, 0.25) is 11.8 Å². The summed E-state index contributed by atoms with van der Waals surface area (Å²) in [5, 5.41) is 8.81. The molecule has 6 heteroatoms. The third-order valence-electron chi connectivity index (χ3n) is 5.53. The van der Waals surface area contributed by atoms with Crippen molar-refractivity contribution in [2.75, 3.05) is 26.2 Å². The van der Waals surface area contributed by atoms with Crippen LogP contribution >= 0.6 is 0 Å². The van der Waals surface area contributed by atoms with Crippen LogP contribution in [0.2, 0.25) is 0 Å². The second-order valence-corrected chi connectivity index (χ2v) is 7.54. The monoisotopic (exact) mass is 356 g/mol. The third-order valence-corrected chi connectivity index (χ3v) is 5.53. The van der Waals surface area contributed by atoms with E-state index >= 15 is 0 Å². The van der Waals surface area contributed by atoms with Gasteiger partial charge >= 0.3 is 0 Å². The van der Waals surface area contributed by atoms with Crippen LogP contribution in [0, 0.1) is 17.2 Å². The van der Waals surface area contributed by atoms with Gasteiger partial charge < -0.3 is 9.64 Å². The quantitative estimate of drug-likeness (QED) is 0.829. The van der Waals surface area contributed by atoms with Gasteiger partial charge in [0.05, 0.1) is 5.56 Å². The van der Waals surface area contributed by atoms with Crippen LogP contribution in [0.5, 0.6) is 5.88 Å². The molecule has 0 bridgehead atoms. The van der Waals surface area contributed by atoms with Crippen LogP contribution in [0.3, 0.4) is 0 Å². The third kappa shape index (κ3) is 4.53. The van der Waals surface area contributed by atoms with Crippen molar-refractivity contribution in [2.45, 2.75) is 51.7 Å². The molecule has 1 saturated carbocycles. The lowest BCUT2D eigenvalue weighted by molar-refractivity contribution is -0.139. The van der Waals surface area contributed by atoms with Crippen molar-refractivity contribution in [2.24, 2.45) is 5.92 Å². The maximum absolute atomic E-state index is 12.8. The molecule has 1 aliphatic carbocycles. The fraction of sp³-hybridized carbons (Fsp3) is 0.650. The first-order chi connectivity index (χ1) is 12.6. The Balaban J connectivity index is 1.44. The number of piperazine rings is 1. The number of hydrogen-bond donors (Lipinski definition) is 0. The van der Waals surface area contributed by atoms with Crippen LogP contribution in [0.15, 0.2) is 18.3 Å². The molecule has 0 aromatic carbocycles. The molecule has 0 N–H and O–H groups in total. The highest BCUT2D eigenvalue weighted by Crippen LogP contribution is 2.29. The highest BCUT2D eigenvalue weighted by atomic mass is 16.5. The summed E-state index contributed by atoms with van der Waals surface area (Å²) in [6, 6.07) is 6.06. The lowest BCUT2D eigenvalue weighted by Crippen LogP contribution is -2.52. The molecule has 2 fully saturated rings. The Hall–Kier alpha value is -2.13. The smallest absolute Gasteiger partial charge is 0.225 e. The number of amides is 1. The molecular formula is C20H28N4O2. The molecule has 1 aromatic rings. The number of nitriles is 1. The average Bonchev–Trinajstić information content (AvgIpc) is 2.69. The first-order valence-electron chi connectivity index (χ1n) is 9.62. The molecule has 140 valence electrons. The van der Waals surface area contributed by atoms with Crippen LogP contribution in [-0.2, 0) is 4.79 Å². The van der Waals surface area contributed by atoms with Crippen molar-refractivity contribution in [3.05, 3.63) is 23.9 Å². The molecular weight excluding hydrogens is 328 g/mol. The van der Waals surface area contributed by atoms with Crippen LogP contribution in [0.1, 0.15) is 45.1 Å². The zero-order chi connectivity index (χ0) is 18.5. The predicted molar refractivity (Wildman–Crippen MR) is 98.6 cm³/mol. The van der Waals surface area contributed by atoms with E-state index in [2.05, 4.69) is 29.8 Å². The average molecular weight is 356 g/mol. The highest BCUT2D eigenvalue weighted by Gasteiger charge is 2.32. The molecule has 6 nitrogen and oxygen atoms in total. The number of hydrogen-bond acceptors (Lipinski definition) is 5. The predicted octanol–water partition coefficient (Wildman–Crippen LogP) is 2.44. The maximum Gasteiger partial charge on any atom is 0.225 e. The van der Waals surface area contributed by atoms with Gasteiger partial charge in [0.1, 0.15) is 12.2 Å². The summed E-state index contributed by atoms with van der Waals surface area (Å²) >= 11 is 0. The van der Waals surface area contributed by atoms with Crippen molar-refractivity contribution in [1.29, 1.82) is 5.26 Å². The Morgan fingerprint density at radius 2 is 1.88 bits per heavy atom. The van der Waals surface area contributed by atoms with Crippen LogP contribution in [0.4, 0.5) is 0 Å². The van der Waals surface area contributed by atoms with E-state index in [1.807, 2.05) is 4.90 Å².